The maximum Gasteiger partial charge on any atom is -0.0204 e. The number of hydrogen-bond acceptors (Lipinski definition) is 0. The first-order valence-electron chi connectivity index (χ1n) is 4.42. The highest BCUT2D eigenvalue weighted by molar-refractivity contribution is 5.46. The van der Waals surface area contributed by atoms with Gasteiger partial charge < -0.3 is 0 Å². The summed E-state index contributed by atoms with van der Waals surface area (Å²) in [5.41, 5.74) is 3.45. The summed E-state index contributed by atoms with van der Waals surface area (Å²) in [5.74, 6) is 0. The summed E-state index contributed by atoms with van der Waals surface area (Å²) in [6.07, 6.45) is 9.87. The van der Waals surface area contributed by atoms with Crippen LogP contribution in [0.3, 0.4) is 0 Å². The van der Waals surface area contributed by atoms with Crippen molar-refractivity contribution in [3.63, 3.8) is 0 Å². The predicted molar refractivity (Wildman–Crippen MR) is 61.7 cm³/mol. The molecular weight excluding hydrogens is 156 g/mol. The summed E-state index contributed by atoms with van der Waals surface area (Å²) >= 11 is 0. The van der Waals surface area contributed by atoms with E-state index in [1.807, 2.05) is 32.1 Å². The molecule has 0 nitrogen and oxygen atoms in total. The van der Waals surface area contributed by atoms with Crippen LogP contribution in [0, 0.1) is 0 Å². The molecule has 0 rings (SSSR count). The van der Waals surface area contributed by atoms with Crippen molar-refractivity contribution in [2.24, 2.45) is 0 Å². The average molecular weight is 174 g/mol. The van der Waals surface area contributed by atoms with E-state index in [1.165, 1.54) is 11.1 Å². The molecule has 0 aliphatic carbocycles. The summed E-state index contributed by atoms with van der Waals surface area (Å²) in [5, 5.41) is 0. The Balaban J connectivity index is 4.92. The summed E-state index contributed by atoms with van der Waals surface area (Å²) in [7, 11) is 0. The van der Waals surface area contributed by atoms with Crippen molar-refractivity contribution >= 4 is 0 Å². The van der Waals surface area contributed by atoms with Crippen LogP contribution in [0.1, 0.15) is 20.8 Å². The molecule has 0 spiro atoms. The number of allylic oxidation sites excluding steroid dienone is 8. The van der Waals surface area contributed by atoms with Gasteiger partial charge in [0.1, 0.15) is 0 Å². The molecule has 0 aromatic rings. The fourth-order valence-electron chi connectivity index (χ4n) is 1.07. The minimum absolute atomic E-state index is 1.08. The second kappa shape index (κ2) is 6.24. The van der Waals surface area contributed by atoms with Gasteiger partial charge in [0, 0.05) is 0 Å². The van der Waals surface area contributed by atoms with Crippen molar-refractivity contribution in [2.45, 2.75) is 20.8 Å². The fourth-order valence-corrected chi connectivity index (χ4v) is 1.07. The smallest absolute Gasteiger partial charge is 0.0204 e. The van der Waals surface area contributed by atoms with Crippen LogP contribution in [-0.4, -0.2) is 0 Å². The molecule has 0 fully saturated rings. The molecule has 0 saturated carbocycles. The van der Waals surface area contributed by atoms with E-state index in [1.54, 1.807) is 6.08 Å². The van der Waals surface area contributed by atoms with Gasteiger partial charge >= 0.3 is 0 Å². The van der Waals surface area contributed by atoms with Gasteiger partial charge in [-0.05, 0) is 31.9 Å². The van der Waals surface area contributed by atoms with Crippen LogP contribution in [0.4, 0.5) is 0 Å². The van der Waals surface area contributed by atoms with Crippen molar-refractivity contribution < 1.29 is 0 Å². The van der Waals surface area contributed by atoms with Crippen LogP contribution in [0.15, 0.2) is 60.3 Å². The van der Waals surface area contributed by atoms with Gasteiger partial charge in [0.2, 0.25) is 0 Å². The second-order valence-electron chi connectivity index (χ2n) is 2.97. The Morgan fingerprint density at radius 1 is 1.15 bits per heavy atom. The highest BCUT2D eigenvalue weighted by Crippen LogP contribution is 2.17. The molecule has 0 aliphatic heterocycles. The lowest BCUT2D eigenvalue weighted by molar-refractivity contribution is 1.33. The topological polar surface area (TPSA) is 0 Å². The van der Waals surface area contributed by atoms with Crippen LogP contribution >= 0.6 is 0 Å². The number of hydrogen-bond donors (Lipinski definition) is 0. The molecule has 0 N–H and O–H groups in total. The highest BCUT2D eigenvalue weighted by Gasteiger charge is 1.97. The van der Waals surface area contributed by atoms with Gasteiger partial charge in [-0.3, -0.25) is 0 Å². The zero-order valence-corrected chi connectivity index (χ0v) is 8.80. The van der Waals surface area contributed by atoms with Crippen LogP contribution < -0.4 is 0 Å². The lowest BCUT2D eigenvalue weighted by Gasteiger charge is -2.05. The van der Waals surface area contributed by atoms with Crippen molar-refractivity contribution in [3.8, 4) is 0 Å². The normalized spacial score (nSPS) is 13.5. The van der Waals surface area contributed by atoms with E-state index in [0.717, 1.165) is 5.57 Å². The lowest BCUT2D eigenvalue weighted by atomic mass is 10.0. The van der Waals surface area contributed by atoms with E-state index in [2.05, 4.69) is 26.2 Å². The summed E-state index contributed by atoms with van der Waals surface area (Å²) in [6.45, 7) is 13.7. The summed E-state index contributed by atoms with van der Waals surface area (Å²) in [6, 6.07) is 0. The van der Waals surface area contributed by atoms with Crippen LogP contribution in [0.5, 0.6) is 0 Å². The van der Waals surface area contributed by atoms with Crippen molar-refractivity contribution in [1.29, 1.82) is 0 Å². The third-order valence-corrected chi connectivity index (χ3v) is 1.71. The third kappa shape index (κ3) is 4.32. The molecule has 0 radical (unpaired) electrons. The van der Waals surface area contributed by atoms with E-state index in [0.29, 0.717) is 0 Å². The minimum Gasteiger partial charge on any atom is -0.0991 e. The van der Waals surface area contributed by atoms with E-state index in [9.17, 15) is 0 Å². The fraction of sp³-hybridized carbons (Fsp3) is 0.231. The van der Waals surface area contributed by atoms with Gasteiger partial charge in [0.15, 0.2) is 0 Å². The Morgan fingerprint density at radius 3 is 2.15 bits per heavy atom. The van der Waals surface area contributed by atoms with Gasteiger partial charge in [-0.15, -0.1) is 0 Å². The minimum atomic E-state index is 1.08. The SMILES string of the molecule is C=C\C=C(C)/C(=C/C=C\C)C(=C)C. The van der Waals surface area contributed by atoms with Crippen LogP contribution in [0.2, 0.25) is 0 Å². The molecule has 13 heavy (non-hydrogen) atoms. The second-order valence-corrected chi connectivity index (χ2v) is 2.97. The average Bonchev–Trinajstić information content (AvgIpc) is 2.05. The molecular formula is C13H18. The molecule has 0 bridgehead atoms. The summed E-state index contributed by atoms with van der Waals surface area (Å²) < 4.78 is 0. The van der Waals surface area contributed by atoms with Gasteiger partial charge in [0.05, 0.1) is 0 Å². The third-order valence-electron chi connectivity index (χ3n) is 1.71. The maximum absolute atomic E-state index is 3.93. The Bertz CT molecular complexity index is 272. The van der Waals surface area contributed by atoms with E-state index < -0.39 is 0 Å². The molecule has 0 aromatic carbocycles. The Kier molecular flexibility index (Phi) is 5.62. The molecule has 0 unspecified atom stereocenters. The van der Waals surface area contributed by atoms with E-state index >= 15 is 0 Å². The van der Waals surface area contributed by atoms with Crippen LogP contribution in [0.25, 0.3) is 0 Å². The first kappa shape index (κ1) is 11.7. The maximum atomic E-state index is 3.93. The monoisotopic (exact) mass is 174 g/mol. The van der Waals surface area contributed by atoms with Crippen LogP contribution in [-0.2, 0) is 0 Å². The zero-order chi connectivity index (χ0) is 10.3. The standard InChI is InChI=1S/C13H18/c1-6-8-10-13(11(3)4)12(5)9-7-2/h6-10H,2-3H2,1,4-5H3/b8-6-,12-9-,13-10+. The van der Waals surface area contributed by atoms with E-state index in [-0.39, 0.29) is 0 Å². The molecule has 0 atom stereocenters. The summed E-state index contributed by atoms with van der Waals surface area (Å²) in [4.78, 5) is 0. The Morgan fingerprint density at radius 2 is 1.77 bits per heavy atom. The predicted octanol–water partition coefficient (Wildman–Crippen LogP) is 4.20. The molecule has 0 heteroatoms. The van der Waals surface area contributed by atoms with E-state index in [4.69, 9.17) is 0 Å². The molecule has 0 aliphatic rings. The quantitative estimate of drug-likeness (QED) is 0.560. The first-order chi connectivity index (χ1) is 6.13. The molecule has 0 saturated heterocycles. The molecule has 70 valence electrons. The van der Waals surface area contributed by atoms with Gasteiger partial charge in [-0.1, -0.05) is 49.1 Å². The Labute approximate surface area is 81.7 Å². The van der Waals surface area contributed by atoms with Crippen molar-refractivity contribution in [2.75, 3.05) is 0 Å². The lowest BCUT2D eigenvalue weighted by Crippen LogP contribution is -1.85. The van der Waals surface area contributed by atoms with Crippen molar-refractivity contribution in [3.05, 3.63) is 60.3 Å². The number of rotatable bonds is 4. The Hall–Kier alpha value is -1.30. The molecule has 0 aromatic heterocycles. The van der Waals surface area contributed by atoms with Gasteiger partial charge in [-0.25, -0.2) is 0 Å². The van der Waals surface area contributed by atoms with Crippen molar-refractivity contribution in [1.82, 2.24) is 0 Å². The largest absolute Gasteiger partial charge is 0.0991 e. The first-order valence-corrected chi connectivity index (χ1v) is 4.42. The highest BCUT2D eigenvalue weighted by atomic mass is 14.0. The molecule has 0 amide bonds. The zero-order valence-electron chi connectivity index (χ0n) is 8.80. The molecule has 0 heterocycles. The van der Waals surface area contributed by atoms with Gasteiger partial charge in [0.25, 0.3) is 0 Å². The van der Waals surface area contributed by atoms with Gasteiger partial charge in [-0.2, -0.15) is 0 Å².